The number of likely N-dealkylation sites (tertiary alicyclic amines) is 1. The minimum Gasteiger partial charge on any atom is -0.443 e. The van der Waals surface area contributed by atoms with Crippen LogP contribution < -0.4 is 10.1 Å². The van der Waals surface area contributed by atoms with Gasteiger partial charge < -0.3 is 40.1 Å². The molecule has 0 amide bonds. The Morgan fingerprint density at radius 2 is 1.93 bits per heavy atom. The smallest absolute Gasteiger partial charge is 0.238 e. The molecule has 0 aliphatic carbocycles. The van der Waals surface area contributed by atoms with Crippen molar-refractivity contribution in [1.29, 1.82) is 0 Å². The van der Waals surface area contributed by atoms with Crippen molar-refractivity contribution in [3.8, 4) is 5.88 Å². The Morgan fingerprint density at radius 3 is 2.64 bits per heavy atom. The summed E-state index contributed by atoms with van der Waals surface area (Å²) in [5, 5.41) is 51.2. The molecular weight excluding hydrogens is 536 g/mol. The van der Waals surface area contributed by atoms with Gasteiger partial charge >= 0.3 is 0 Å². The Kier molecular flexibility index (Phi) is 10.0. The van der Waals surface area contributed by atoms with Crippen molar-refractivity contribution in [3.63, 3.8) is 0 Å². The van der Waals surface area contributed by atoms with Crippen molar-refractivity contribution in [2.45, 2.75) is 89.5 Å². The van der Waals surface area contributed by atoms with Gasteiger partial charge in [0.1, 0.15) is 24.4 Å². The summed E-state index contributed by atoms with van der Waals surface area (Å²) in [5.41, 5.74) is 5.74. The zero-order valence-corrected chi connectivity index (χ0v) is 25.1. The van der Waals surface area contributed by atoms with E-state index in [9.17, 15) is 20.4 Å². The highest BCUT2D eigenvalue weighted by Gasteiger charge is 2.45. The van der Waals surface area contributed by atoms with E-state index in [1.54, 1.807) is 0 Å². The molecule has 2 aromatic rings. The molecule has 5 rings (SSSR count). The Hall–Kier alpha value is -2.31. The number of hydrogen-bond donors (Lipinski definition) is 6. The van der Waals surface area contributed by atoms with Gasteiger partial charge in [0.25, 0.3) is 0 Å². The van der Waals surface area contributed by atoms with Crippen LogP contribution in [0.4, 0.5) is 0 Å². The molecule has 0 radical (unpaired) electrons. The van der Waals surface area contributed by atoms with Gasteiger partial charge in [0.2, 0.25) is 12.2 Å². The number of benzene rings is 1. The predicted molar refractivity (Wildman–Crippen MR) is 160 cm³/mol. The van der Waals surface area contributed by atoms with Gasteiger partial charge in [-0.25, -0.2) is 0 Å². The highest BCUT2D eigenvalue weighted by molar-refractivity contribution is 5.52. The number of H-pyrrole nitrogens is 1. The van der Waals surface area contributed by atoms with E-state index in [0.29, 0.717) is 11.8 Å². The molecule has 1 aromatic carbocycles. The van der Waals surface area contributed by atoms with Crippen LogP contribution in [0.25, 0.3) is 6.08 Å². The van der Waals surface area contributed by atoms with E-state index in [-0.39, 0.29) is 11.8 Å². The maximum Gasteiger partial charge on any atom is 0.238 e. The van der Waals surface area contributed by atoms with Crippen molar-refractivity contribution in [2.24, 2.45) is 5.41 Å². The molecule has 10 nitrogen and oxygen atoms in total. The summed E-state index contributed by atoms with van der Waals surface area (Å²) < 4.78 is 11.5. The Morgan fingerprint density at radius 1 is 1.14 bits per heavy atom. The zero-order valence-electron chi connectivity index (χ0n) is 25.1. The normalized spacial score (nSPS) is 28.3. The van der Waals surface area contributed by atoms with Gasteiger partial charge in [-0.3, -0.25) is 5.10 Å². The Labute approximate surface area is 248 Å². The van der Waals surface area contributed by atoms with Gasteiger partial charge in [-0.05, 0) is 80.3 Å². The topological polar surface area (TPSA) is 143 Å². The number of piperidine rings is 1. The maximum absolute atomic E-state index is 10.5. The summed E-state index contributed by atoms with van der Waals surface area (Å²) in [4.78, 5) is 2.63. The lowest BCUT2D eigenvalue weighted by Crippen LogP contribution is -2.60. The zero-order chi connectivity index (χ0) is 29.9. The summed E-state index contributed by atoms with van der Waals surface area (Å²) in [6.07, 6.45) is 3.23. The van der Waals surface area contributed by atoms with Gasteiger partial charge in [-0.1, -0.05) is 44.2 Å². The lowest BCUT2D eigenvalue weighted by Gasteiger charge is -2.39. The summed E-state index contributed by atoms with van der Waals surface area (Å²) in [6, 6.07) is 6.45. The molecule has 1 aromatic heterocycles. The number of hydrogen-bond acceptors (Lipinski definition) is 9. The van der Waals surface area contributed by atoms with Crippen molar-refractivity contribution < 1.29 is 29.9 Å². The first-order valence-electron chi connectivity index (χ1n) is 15.4. The molecular formula is C32H48N4O6. The number of aromatic nitrogens is 2. The van der Waals surface area contributed by atoms with Crippen LogP contribution in [0.3, 0.4) is 0 Å². The number of ether oxygens (including phenoxy) is 2. The van der Waals surface area contributed by atoms with E-state index in [2.05, 4.69) is 71.5 Å². The highest BCUT2D eigenvalue weighted by atomic mass is 16.7. The molecule has 3 aliphatic rings. The summed E-state index contributed by atoms with van der Waals surface area (Å²) in [7, 11) is 0. The van der Waals surface area contributed by atoms with Crippen LogP contribution in [-0.4, -0.2) is 106 Å². The molecule has 3 aliphatic heterocycles. The first-order valence-corrected chi connectivity index (χ1v) is 15.4. The third-order valence-corrected chi connectivity index (χ3v) is 9.35. The maximum atomic E-state index is 10.5. The summed E-state index contributed by atoms with van der Waals surface area (Å²) in [6.45, 7) is 11.6. The number of nitrogens with zero attached hydrogens (tertiary/aromatic N) is 2. The van der Waals surface area contributed by atoms with E-state index >= 15 is 0 Å². The van der Waals surface area contributed by atoms with Crippen LogP contribution in [-0.2, 0) is 11.2 Å². The van der Waals surface area contributed by atoms with Crippen LogP contribution in [0.5, 0.6) is 5.88 Å². The number of aliphatic hydroxyl groups is 4. The van der Waals surface area contributed by atoms with Gasteiger partial charge in [0.15, 0.2) is 0 Å². The molecule has 10 heteroatoms. The largest absolute Gasteiger partial charge is 0.443 e. The molecule has 0 bridgehead atoms. The van der Waals surface area contributed by atoms with E-state index in [1.807, 2.05) is 0 Å². The second-order valence-electron chi connectivity index (χ2n) is 12.7. The fraction of sp³-hybridized carbons (Fsp3) is 0.656. The summed E-state index contributed by atoms with van der Waals surface area (Å²) in [5.74, 6) is 0.405. The quantitative estimate of drug-likeness (QED) is 0.247. The molecule has 0 unspecified atom stereocenters. The summed E-state index contributed by atoms with van der Waals surface area (Å²) >= 11 is 0. The molecule has 3 fully saturated rings. The molecule has 232 valence electrons. The average molecular weight is 585 g/mol. The second kappa shape index (κ2) is 13.5. The van der Waals surface area contributed by atoms with Gasteiger partial charge in [0, 0.05) is 30.8 Å². The van der Waals surface area contributed by atoms with Crippen molar-refractivity contribution in [2.75, 3.05) is 39.3 Å². The molecule has 4 heterocycles. The van der Waals surface area contributed by atoms with E-state index in [1.165, 1.54) is 37.9 Å². The molecule has 3 saturated heterocycles. The predicted octanol–water partition coefficient (Wildman–Crippen LogP) is 2.09. The highest BCUT2D eigenvalue weighted by Crippen LogP contribution is 2.38. The lowest BCUT2D eigenvalue weighted by atomic mass is 9.78. The second-order valence-corrected chi connectivity index (χ2v) is 12.7. The monoisotopic (exact) mass is 584 g/mol. The Bertz CT molecular complexity index is 1210. The molecule has 1 spiro atoms. The standard InChI is InChI=1S/C32H48N4O6/c1-20(2)26-24(30(35-34-26)42-31-29(40)28(39)27(38)25(18-37)41-31)17-23-8-7-22(16-21(23)3)6-4-5-14-36-15-11-32(19-36)9-12-33-13-10-32/h4,6-8,16,20,25,27-29,31,33,37-40H,5,9-15,17-19H2,1-3H3,(H,34,35)/b6-4+/t25-,27-,28+,29-,31-/m1/s1. The van der Waals surface area contributed by atoms with Crippen LogP contribution >= 0.6 is 0 Å². The number of nitrogens with one attached hydrogen (secondary N) is 2. The first-order chi connectivity index (χ1) is 20.2. The third kappa shape index (κ3) is 6.91. The first kappa shape index (κ1) is 31.1. The van der Waals surface area contributed by atoms with Crippen LogP contribution in [0, 0.1) is 12.3 Å². The minimum absolute atomic E-state index is 0.141. The minimum atomic E-state index is -1.52. The fourth-order valence-corrected chi connectivity index (χ4v) is 6.65. The molecule has 5 atom stereocenters. The number of aromatic amines is 1. The third-order valence-electron chi connectivity index (χ3n) is 9.35. The van der Waals surface area contributed by atoms with Crippen molar-refractivity contribution in [1.82, 2.24) is 20.4 Å². The average Bonchev–Trinajstić information content (AvgIpc) is 3.56. The fourth-order valence-electron chi connectivity index (χ4n) is 6.65. The Balaban J connectivity index is 1.21. The number of aliphatic hydroxyl groups excluding tert-OH is 4. The van der Waals surface area contributed by atoms with Gasteiger partial charge in [-0.15, -0.1) is 5.10 Å². The van der Waals surface area contributed by atoms with Crippen molar-refractivity contribution in [3.05, 3.63) is 52.2 Å². The van der Waals surface area contributed by atoms with Crippen LogP contribution in [0.15, 0.2) is 24.3 Å². The lowest BCUT2D eigenvalue weighted by molar-refractivity contribution is -0.278. The van der Waals surface area contributed by atoms with E-state index in [4.69, 9.17) is 9.47 Å². The molecule has 6 N–H and O–H groups in total. The van der Waals surface area contributed by atoms with E-state index in [0.717, 1.165) is 48.4 Å². The van der Waals surface area contributed by atoms with Gasteiger partial charge in [-0.2, -0.15) is 0 Å². The SMILES string of the molecule is Cc1cc(/C=C/CCN2CCC3(CCNCC3)C2)ccc1Cc1c(O[C@H]2O[C@H](CO)[C@@H](O)[C@H](O)[C@H]2O)n[nH]c1C(C)C. The number of aryl methyl sites for hydroxylation is 1. The molecule has 42 heavy (non-hydrogen) atoms. The van der Waals surface area contributed by atoms with Gasteiger partial charge in [0.05, 0.1) is 6.61 Å². The van der Waals surface area contributed by atoms with Crippen molar-refractivity contribution >= 4 is 6.08 Å². The van der Waals surface area contributed by atoms with Crippen LogP contribution in [0.1, 0.15) is 73.4 Å². The molecule has 0 saturated carbocycles. The number of rotatable bonds is 10. The van der Waals surface area contributed by atoms with E-state index < -0.39 is 37.3 Å². The van der Waals surface area contributed by atoms with Crippen LogP contribution in [0.2, 0.25) is 0 Å².